The molecule has 2 N–H and O–H groups in total. The van der Waals surface area contributed by atoms with Crippen LogP contribution in [0.3, 0.4) is 0 Å². The largest absolute Gasteiger partial charge is 1.00 e. The van der Waals surface area contributed by atoms with Gasteiger partial charge in [0.1, 0.15) is 0 Å². The molecular weight excluding hydrogens is 159 g/mol. The van der Waals surface area contributed by atoms with E-state index in [0.29, 0.717) is 0 Å². The summed E-state index contributed by atoms with van der Waals surface area (Å²) >= 11 is 0. The average Bonchev–Trinajstić information content (AvgIpc) is 1.30. The van der Waals surface area contributed by atoms with Crippen molar-refractivity contribution in [1.82, 2.24) is 0 Å². The highest BCUT2D eigenvalue weighted by atomic mass is 35.5. The van der Waals surface area contributed by atoms with E-state index in [1.165, 1.54) is 0 Å². The first kappa shape index (κ1) is 16.2. The topological polar surface area (TPSA) is 26.0 Å². The van der Waals surface area contributed by atoms with Gasteiger partial charge in [-0.1, -0.05) is 0 Å². The molecule has 0 bridgehead atoms. The van der Waals surface area contributed by atoms with Crippen LogP contribution in [-0.4, -0.2) is 38.7 Å². The normalized spacial score (nSPS) is 9.33. The Morgan fingerprint density at radius 2 is 1.56 bits per heavy atom. The fourth-order valence-corrected chi connectivity index (χ4v) is 0.387. The molecule has 0 radical (unpaired) electrons. The lowest BCUT2D eigenvalue weighted by Gasteiger charge is -2.22. The second kappa shape index (κ2) is 6.62. The zero-order valence-electron chi connectivity index (χ0n) is 6.22. The molecule has 0 unspecified atom stereocenters. The quantitative estimate of drug-likeness (QED) is 0.447. The van der Waals surface area contributed by atoms with Gasteiger partial charge in [0.05, 0.1) is 27.7 Å². The highest BCUT2D eigenvalue weighted by molar-refractivity contribution is 5.85. The van der Waals surface area contributed by atoms with Gasteiger partial charge in [0.25, 0.3) is 0 Å². The van der Waals surface area contributed by atoms with E-state index in [1.807, 2.05) is 0 Å². The summed E-state index contributed by atoms with van der Waals surface area (Å²) in [5, 5.41) is 0. The number of halogens is 2. The fraction of sp³-hybridized carbons (Fsp3) is 1.00. The van der Waals surface area contributed by atoms with Crippen molar-refractivity contribution in [2.75, 3.05) is 34.2 Å². The maximum absolute atomic E-state index is 5.30. The van der Waals surface area contributed by atoms with Crippen LogP contribution in [0.15, 0.2) is 0 Å². The van der Waals surface area contributed by atoms with Gasteiger partial charge in [-0.25, -0.2) is 0 Å². The standard InChI is InChI=1S/C5H15N2.2ClH/c1-7(2,3)5-4-6;;/h4-6H2,1-3H3;2*1H/q+1;;/p-1. The van der Waals surface area contributed by atoms with Crippen LogP contribution in [0.1, 0.15) is 0 Å². The van der Waals surface area contributed by atoms with Crippen molar-refractivity contribution in [3.05, 3.63) is 0 Å². The molecule has 0 aliphatic heterocycles. The fourth-order valence-electron chi connectivity index (χ4n) is 0.387. The molecule has 0 atom stereocenters. The first-order valence-corrected chi connectivity index (χ1v) is 2.57. The second-order valence-electron chi connectivity index (χ2n) is 2.80. The second-order valence-corrected chi connectivity index (χ2v) is 2.80. The van der Waals surface area contributed by atoms with Gasteiger partial charge in [-0.05, 0) is 0 Å². The number of rotatable bonds is 2. The maximum Gasteiger partial charge on any atom is 0.0905 e. The summed E-state index contributed by atoms with van der Waals surface area (Å²) in [6, 6.07) is 0. The molecule has 0 amide bonds. The number of likely N-dealkylation sites (N-methyl/N-ethyl adjacent to an activating group) is 1. The molecular formula is C5H16Cl2N2. The molecule has 0 spiro atoms. The minimum atomic E-state index is 0. The Hall–Kier alpha value is 0.500. The highest BCUT2D eigenvalue weighted by Gasteiger charge is 2.01. The lowest BCUT2D eigenvalue weighted by molar-refractivity contribution is -0.868. The third-order valence-corrected chi connectivity index (χ3v) is 0.800. The van der Waals surface area contributed by atoms with E-state index in [4.69, 9.17) is 5.73 Å². The number of quaternary nitrogens is 1. The van der Waals surface area contributed by atoms with E-state index in [1.54, 1.807) is 0 Å². The van der Waals surface area contributed by atoms with Crippen LogP contribution in [0.4, 0.5) is 0 Å². The van der Waals surface area contributed by atoms with Gasteiger partial charge in [-0.2, -0.15) is 0 Å². The number of nitrogens with two attached hydrogens (primary N) is 1. The van der Waals surface area contributed by atoms with Crippen molar-refractivity contribution in [1.29, 1.82) is 0 Å². The molecule has 0 aliphatic carbocycles. The Balaban J connectivity index is -0.000000180. The smallest absolute Gasteiger partial charge is 0.0905 e. The van der Waals surface area contributed by atoms with Crippen molar-refractivity contribution in [2.45, 2.75) is 0 Å². The van der Waals surface area contributed by atoms with Crippen LogP contribution in [-0.2, 0) is 0 Å². The molecule has 0 aromatic carbocycles. The van der Waals surface area contributed by atoms with E-state index >= 15 is 0 Å². The molecule has 0 rings (SSSR count). The monoisotopic (exact) mass is 174 g/mol. The molecule has 0 fully saturated rings. The van der Waals surface area contributed by atoms with Crippen molar-refractivity contribution >= 4 is 12.4 Å². The third kappa shape index (κ3) is 17.7. The Morgan fingerprint density at radius 3 is 1.56 bits per heavy atom. The Kier molecular flexibility index (Phi) is 11.9. The zero-order chi connectivity index (χ0) is 5.91. The van der Waals surface area contributed by atoms with Crippen molar-refractivity contribution in [3.8, 4) is 0 Å². The first-order chi connectivity index (χ1) is 3.06. The Morgan fingerprint density at radius 1 is 1.22 bits per heavy atom. The average molecular weight is 175 g/mol. The minimum absolute atomic E-state index is 0. The van der Waals surface area contributed by atoms with Gasteiger partial charge >= 0.3 is 0 Å². The highest BCUT2D eigenvalue weighted by Crippen LogP contribution is 1.83. The summed E-state index contributed by atoms with van der Waals surface area (Å²) in [4.78, 5) is 0. The number of hydrogen-bond donors (Lipinski definition) is 1. The summed E-state index contributed by atoms with van der Waals surface area (Å²) in [7, 11) is 6.40. The molecule has 4 heteroatoms. The van der Waals surface area contributed by atoms with E-state index < -0.39 is 0 Å². The van der Waals surface area contributed by atoms with Crippen LogP contribution in [0.25, 0.3) is 0 Å². The molecule has 0 aromatic heterocycles. The molecule has 0 saturated carbocycles. The van der Waals surface area contributed by atoms with Crippen LogP contribution in [0.2, 0.25) is 0 Å². The lowest BCUT2D eigenvalue weighted by Crippen LogP contribution is -3.00. The summed E-state index contributed by atoms with van der Waals surface area (Å²) in [5.41, 5.74) is 5.30. The van der Waals surface area contributed by atoms with E-state index in [2.05, 4.69) is 21.1 Å². The number of hydrogen-bond acceptors (Lipinski definition) is 1. The maximum atomic E-state index is 5.30. The van der Waals surface area contributed by atoms with Crippen LogP contribution in [0, 0.1) is 0 Å². The predicted molar refractivity (Wildman–Crippen MR) is 39.2 cm³/mol. The minimum Gasteiger partial charge on any atom is -1.00 e. The molecule has 2 nitrogen and oxygen atoms in total. The predicted octanol–water partition coefficient (Wildman–Crippen LogP) is -2.92. The summed E-state index contributed by atoms with van der Waals surface area (Å²) < 4.78 is 0.969. The summed E-state index contributed by atoms with van der Waals surface area (Å²) in [6.45, 7) is 1.84. The van der Waals surface area contributed by atoms with Gasteiger partial charge in [-0.15, -0.1) is 12.4 Å². The Labute approximate surface area is 69.8 Å². The van der Waals surface area contributed by atoms with Crippen molar-refractivity contribution in [3.63, 3.8) is 0 Å². The van der Waals surface area contributed by atoms with Crippen LogP contribution in [0.5, 0.6) is 0 Å². The number of nitrogens with zero attached hydrogens (tertiary/aromatic N) is 1. The van der Waals surface area contributed by atoms with E-state index in [9.17, 15) is 0 Å². The third-order valence-electron chi connectivity index (χ3n) is 0.800. The Bertz CT molecular complexity index is 51.4. The van der Waals surface area contributed by atoms with Gasteiger partial charge in [0.2, 0.25) is 0 Å². The summed E-state index contributed by atoms with van der Waals surface area (Å²) in [6.07, 6.45) is 0. The molecule has 60 valence electrons. The van der Waals surface area contributed by atoms with Gasteiger partial charge in [-0.3, -0.25) is 0 Å². The molecule has 9 heavy (non-hydrogen) atoms. The first-order valence-electron chi connectivity index (χ1n) is 2.57. The van der Waals surface area contributed by atoms with E-state index in [0.717, 1.165) is 17.6 Å². The zero-order valence-corrected chi connectivity index (χ0v) is 7.80. The SMILES string of the molecule is C[N+](C)(C)CCN.Cl.[Cl-]. The molecule has 0 aliphatic rings. The summed E-state index contributed by atoms with van der Waals surface area (Å²) in [5.74, 6) is 0. The molecule has 0 saturated heterocycles. The van der Waals surface area contributed by atoms with Crippen LogP contribution < -0.4 is 18.1 Å². The van der Waals surface area contributed by atoms with Crippen molar-refractivity contribution in [2.24, 2.45) is 5.73 Å². The molecule has 0 heterocycles. The molecule has 0 aromatic rings. The van der Waals surface area contributed by atoms with Crippen LogP contribution >= 0.6 is 12.4 Å². The van der Waals surface area contributed by atoms with Gasteiger partial charge in [0.15, 0.2) is 0 Å². The van der Waals surface area contributed by atoms with Crippen molar-refractivity contribution < 1.29 is 16.9 Å². The lowest BCUT2D eigenvalue weighted by atomic mass is 10.5. The van der Waals surface area contributed by atoms with Gasteiger partial charge < -0.3 is 22.6 Å². The van der Waals surface area contributed by atoms with Gasteiger partial charge in [0, 0.05) is 6.54 Å². The van der Waals surface area contributed by atoms with E-state index in [-0.39, 0.29) is 24.8 Å².